The zero-order valence-electron chi connectivity index (χ0n) is 26.9. The summed E-state index contributed by atoms with van der Waals surface area (Å²) in [4.78, 5) is 21.6. The molecule has 0 spiro atoms. The molecule has 2 N–H and O–H groups in total. The third-order valence-corrected chi connectivity index (χ3v) is 9.30. The molecule has 0 saturated carbocycles. The molecule has 2 saturated heterocycles. The molecule has 0 aliphatic carbocycles. The Hall–Kier alpha value is -4.05. The maximum Gasteiger partial charge on any atom is 0.237 e. The summed E-state index contributed by atoms with van der Waals surface area (Å²) in [5, 5.41) is 7.49. The molecule has 1 atom stereocenters. The van der Waals surface area contributed by atoms with E-state index in [4.69, 9.17) is 41.0 Å². The molecule has 4 aromatic rings. The molecule has 240 valence electrons. The number of piperidine rings is 1. The van der Waals surface area contributed by atoms with Crippen LogP contribution in [0.3, 0.4) is 0 Å². The van der Waals surface area contributed by atoms with Gasteiger partial charge in [-0.2, -0.15) is 0 Å². The van der Waals surface area contributed by atoms with Crippen LogP contribution in [0, 0.1) is 6.92 Å². The maximum atomic E-state index is 7.13. The van der Waals surface area contributed by atoms with Gasteiger partial charge in [0.05, 0.1) is 43.0 Å². The molecule has 0 unspecified atom stereocenters. The lowest BCUT2D eigenvalue weighted by Gasteiger charge is -2.26. The first-order chi connectivity index (χ1) is 22.4. The van der Waals surface area contributed by atoms with Crippen molar-refractivity contribution in [3.8, 4) is 45.4 Å². The van der Waals surface area contributed by atoms with Crippen LogP contribution in [0.5, 0.6) is 11.8 Å². The number of nitrogens with zero attached hydrogens (tertiary/aromatic N) is 5. The number of nitrogens with one attached hydrogen (secondary N) is 2. The minimum absolute atomic E-state index is 0.388. The zero-order valence-corrected chi connectivity index (χ0v) is 27.7. The summed E-state index contributed by atoms with van der Waals surface area (Å²) >= 11 is 7.13. The predicted octanol–water partition coefficient (Wildman–Crippen LogP) is 6.59. The Kier molecular flexibility index (Phi) is 10.1. The summed E-state index contributed by atoms with van der Waals surface area (Å²) in [6.45, 7) is 10.4. The Bertz CT molecular complexity index is 1710. The molecule has 2 aromatic heterocycles. The number of allylic oxidation sites excluding steroid dienone is 1. The third kappa shape index (κ3) is 7.02. The molecule has 10 heteroatoms. The van der Waals surface area contributed by atoms with Crippen molar-refractivity contribution >= 4 is 11.6 Å². The largest absolute Gasteiger partial charge is 0.480 e. The molecular formula is C36H42ClN7O2. The van der Waals surface area contributed by atoms with E-state index in [0.717, 1.165) is 89.6 Å². The summed E-state index contributed by atoms with van der Waals surface area (Å²) in [6, 6.07) is 12.5. The SMILES string of the molecule is C=C1CC[C@@H](CNCc2ncc(-c3cccc(-c4cccc(-c5cnc(CN6CCCCC6)c(OC)n5)c4Cl)c3C)nc2OC)N1. The standard InChI is InChI=1S/C36H42ClN7O2/c1-23-14-15-25(41-23)18-38-19-32-35(45-3)42-30(20-39-32)27-11-8-10-26(24(27)2)28-12-9-13-29(34(28)37)31-21-40-33(36(43-31)46-4)22-44-16-6-5-7-17-44/h8-13,20-21,25,38,41H,1,5-7,14-19,22H2,2-4H3/t25-/m0/s1. The third-order valence-electron chi connectivity index (χ3n) is 8.89. The number of ether oxygens (including phenoxy) is 2. The Morgan fingerprint density at radius 1 is 0.891 bits per heavy atom. The van der Waals surface area contributed by atoms with E-state index in [-0.39, 0.29) is 0 Å². The summed E-state index contributed by atoms with van der Waals surface area (Å²) in [5.74, 6) is 1.05. The van der Waals surface area contributed by atoms with Gasteiger partial charge in [-0.05, 0) is 56.8 Å². The van der Waals surface area contributed by atoms with Gasteiger partial charge in [-0.25, -0.2) is 9.97 Å². The topological polar surface area (TPSA) is 97.3 Å². The number of benzene rings is 2. The van der Waals surface area contributed by atoms with Crippen LogP contribution in [0.4, 0.5) is 0 Å². The highest BCUT2D eigenvalue weighted by Gasteiger charge is 2.20. The molecule has 4 heterocycles. The Morgan fingerprint density at radius 2 is 1.52 bits per heavy atom. The minimum atomic E-state index is 0.388. The second kappa shape index (κ2) is 14.6. The molecule has 0 amide bonds. The monoisotopic (exact) mass is 639 g/mol. The maximum absolute atomic E-state index is 7.13. The van der Waals surface area contributed by atoms with Crippen molar-refractivity contribution in [2.75, 3.05) is 33.9 Å². The van der Waals surface area contributed by atoms with Crippen LogP contribution in [-0.4, -0.2) is 64.7 Å². The van der Waals surface area contributed by atoms with Crippen molar-refractivity contribution in [2.45, 2.75) is 58.2 Å². The number of halogens is 1. The first kappa shape index (κ1) is 31.9. The van der Waals surface area contributed by atoms with Crippen molar-refractivity contribution in [2.24, 2.45) is 0 Å². The molecule has 6 rings (SSSR count). The molecule has 0 radical (unpaired) electrons. The lowest BCUT2D eigenvalue weighted by atomic mass is 9.93. The summed E-state index contributed by atoms with van der Waals surface area (Å²) in [6.07, 6.45) is 9.44. The highest BCUT2D eigenvalue weighted by molar-refractivity contribution is 6.36. The smallest absolute Gasteiger partial charge is 0.237 e. The van der Waals surface area contributed by atoms with E-state index >= 15 is 0 Å². The van der Waals surface area contributed by atoms with E-state index < -0.39 is 0 Å². The lowest BCUT2D eigenvalue weighted by Crippen LogP contribution is -2.33. The summed E-state index contributed by atoms with van der Waals surface area (Å²) in [5.41, 5.74) is 8.84. The predicted molar refractivity (Wildman–Crippen MR) is 183 cm³/mol. The van der Waals surface area contributed by atoms with Crippen molar-refractivity contribution in [1.82, 2.24) is 35.5 Å². The van der Waals surface area contributed by atoms with Crippen LogP contribution in [0.25, 0.3) is 33.6 Å². The van der Waals surface area contributed by atoms with E-state index in [1.165, 1.54) is 19.3 Å². The normalized spacial score (nSPS) is 16.8. The Labute approximate surface area is 276 Å². The molecule has 2 fully saturated rings. The van der Waals surface area contributed by atoms with Gasteiger partial charge in [0, 0.05) is 48.1 Å². The number of aromatic nitrogens is 4. The average molecular weight is 640 g/mol. The number of hydrogen-bond acceptors (Lipinski definition) is 9. The highest BCUT2D eigenvalue weighted by atomic mass is 35.5. The summed E-state index contributed by atoms with van der Waals surface area (Å²) < 4.78 is 11.4. The van der Waals surface area contributed by atoms with Crippen LogP contribution in [0.2, 0.25) is 5.02 Å². The Morgan fingerprint density at radius 3 is 2.22 bits per heavy atom. The first-order valence-electron chi connectivity index (χ1n) is 16.0. The molecule has 0 bridgehead atoms. The van der Waals surface area contributed by atoms with E-state index in [9.17, 15) is 0 Å². The molecule has 46 heavy (non-hydrogen) atoms. The van der Waals surface area contributed by atoms with E-state index in [0.29, 0.717) is 35.1 Å². The lowest BCUT2D eigenvalue weighted by molar-refractivity contribution is 0.214. The number of likely N-dealkylation sites (tertiary alicyclic amines) is 1. The van der Waals surface area contributed by atoms with Crippen molar-refractivity contribution in [1.29, 1.82) is 0 Å². The fourth-order valence-electron chi connectivity index (χ4n) is 6.38. The molecular weight excluding hydrogens is 598 g/mol. The van der Waals surface area contributed by atoms with Gasteiger partial charge in [-0.15, -0.1) is 0 Å². The van der Waals surface area contributed by atoms with Crippen LogP contribution >= 0.6 is 11.6 Å². The van der Waals surface area contributed by atoms with Crippen LogP contribution in [0.1, 0.15) is 49.1 Å². The summed E-state index contributed by atoms with van der Waals surface area (Å²) in [7, 11) is 3.28. The van der Waals surface area contributed by atoms with Gasteiger partial charge in [0.1, 0.15) is 11.4 Å². The number of hydrogen-bond donors (Lipinski definition) is 2. The highest BCUT2D eigenvalue weighted by Crippen LogP contribution is 2.40. The molecule has 2 aliphatic rings. The van der Waals surface area contributed by atoms with E-state index in [1.807, 2.05) is 36.5 Å². The fraction of sp³-hybridized carbons (Fsp3) is 0.389. The van der Waals surface area contributed by atoms with E-state index in [1.54, 1.807) is 20.4 Å². The zero-order chi connectivity index (χ0) is 32.0. The molecule has 2 aliphatic heterocycles. The fourth-order valence-corrected chi connectivity index (χ4v) is 6.71. The first-order valence-corrected chi connectivity index (χ1v) is 16.4. The van der Waals surface area contributed by atoms with Crippen LogP contribution in [0.15, 0.2) is 61.1 Å². The van der Waals surface area contributed by atoms with Gasteiger partial charge in [-0.1, -0.05) is 61.0 Å². The van der Waals surface area contributed by atoms with E-state index in [2.05, 4.69) is 35.1 Å². The second-order valence-electron chi connectivity index (χ2n) is 12.0. The molecule has 9 nitrogen and oxygen atoms in total. The molecule has 2 aromatic carbocycles. The number of methoxy groups -OCH3 is 2. The Balaban J connectivity index is 1.24. The van der Waals surface area contributed by atoms with Gasteiger partial charge in [0.25, 0.3) is 0 Å². The van der Waals surface area contributed by atoms with Crippen molar-refractivity contribution in [3.63, 3.8) is 0 Å². The quantitative estimate of drug-likeness (QED) is 0.188. The van der Waals surface area contributed by atoms with Crippen LogP contribution < -0.4 is 20.1 Å². The van der Waals surface area contributed by atoms with Crippen molar-refractivity contribution < 1.29 is 9.47 Å². The number of rotatable bonds is 11. The second-order valence-corrected chi connectivity index (χ2v) is 12.4. The minimum Gasteiger partial charge on any atom is -0.480 e. The van der Waals surface area contributed by atoms with Gasteiger partial charge in [-0.3, -0.25) is 14.9 Å². The van der Waals surface area contributed by atoms with Gasteiger partial charge < -0.3 is 20.1 Å². The van der Waals surface area contributed by atoms with Crippen molar-refractivity contribution in [3.05, 3.63) is 83.0 Å². The van der Waals surface area contributed by atoms with Crippen LogP contribution in [-0.2, 0) is 13.1 Å². The average Bonchev–Trinajstić information content (AvgIpc) is 3.50. The van der Waals surface area contributed by atoms with Gasteiger partial charge in [0.2, 0.25) is 11.8 Å². The van der Waals surface area contributed by atoms with Gasteiger partial charge in [0.15, 0.2) is 0 Å². The van der Waals surface area contributed by atoms with Gasteiger partial charge >= 0.3 is 0 Å².